The van der Waals surface area contributed by atoms with E-state index in [-0.39, 0.29) is 0 Å². The topological polar surface area (TPSA) is 17.1 Å². The van der Waals surface area contributed by atoms with Gasteiger partial charge in [0.2, 0.25) is 0 Å². The fourth-order valence-corrected chi connectivity index (χ4v) is 2.29. The van der Waals surface area contributed by atoms with Crippen molar-refractivity contribution in [1.82, 2.24) is 0 Å². The first-order valence-electron chi connectivity index (χ1n) is 6.87. The third-order valence-corrected chi connectivity index (χ3v) is 2.92. The molecule has 0 aliphatic heterocycles. The first-order valence-corrected chi connectivity index (χ1v) is 6.87. The molecule has 0 radical (unpaired) electrons. The van der Waals surface area contributed by atoms with Crippen molar-refractivity contribution in [2.24, 2.45) is 11.3 Å². The van der Waals surface area contributed by atoms with Crippen LogP contribution >= 0.6 is 0 Å². The van der Waals surface area contributed by atoms with Gasteiger partial charge in [0.25, 0.3) is 0 Å². The molecule has 0 N–H and O–H groups in total. The molecule has 1 heteroatoms. The van der Waals surface area contributed by atoms with Crippen molar-refractivity contribution in [3.05, 3.63) is 0 Å². The maximum Gasteiger partial charge on any atom is 0.132 e. The quantitative estimate of drug-likeness (QED) is 0.570. The van der Waals surface area contributed by atoms with Crippen molar-refractivity contribution in [3.8, 4) is 0 Å². The Morgan fingerprint density at radius 2 is 1.69 bits per heavy atom. The third kappa shape index (κ3) is 10.2. The van der Waals surface area contributed by atoms with Crippen molar-refractivity contribution in [2.75, 3.05) is 0 Å². The van der Waals surface area contributed by atoms with Gasteiger partial charge in [0.05, 0.1) is 0 Å². The Balaban J connectivity index is 3.54. The first-order chi connectivity index (χ1) is 7.35. The zero-order valence-electron chi connectivity index (χ0n) is 11.9. The lowest BCUT2D eigenvalue weighted by Crippen LogP contribution is -2.11. The Kier molecular flexibility index (Phi) is 7.70. The maximum atomic E-state index is 11.5. The van der Waals surface area contributed by atoms with E-state index in [1.165, 1.54) is 12.8 Å². The van der Waals surface area contributed by atoms with Crippen LogP contribution in [0.5, 0.6) is 0 Å². The van der Waals surface area contributed by atoms with Gasteiger partial charge in [0.15, 0.2) is 0 Å². The third-order valence-electron chi connectivity index (χ3n) is 2.92. The minimum Gasteiger partial charge on any atom is -0.300 e. The molecular formula is C15H30O. The summed E-state index contributed by atoms with van der Waals surface area (Å²) in [4.78, 5) is 11.5. The normalized spacial score (nSPS) is 13.8. The fraction of sp³-hybridized carbons (Fsp3) is 0.933. The molecule has 1 atom stereocenters. The number of hydrogen-bond acceptors (Lipinski definition) is 1. The molecule has 0 aromatic carbocycles. The van der Waals surface area contributed by atoms with E-state index in [9.17, 15) is 4.79 Å². The maximum absolute atomic E-state index is 11.5. The smallest absolute Gasteiger partial charge is 0.132 e. The van der Waals surface area contributed by atoms with Gasteiger partial charge in [-0.05, 0) is 30.6 Å². The number of carbonyl (C=O) groups is 1. The number of unbranched alkanes of at least 4 members (excludes halogenated alkanes) is 1. The lowest BCUT2D eigenvalue weighted by Gasteiger charge is -2.23. The van der Waals surface area contributed by atoms with Crippen LogP contribution in [0.25, 0.3) is 0 Å². The highest BCUT2D eigenvalue weighted by Crippen LogP contribution is 2.27. The van der Waals surface area contributed by atoms with Crippen molar-refractivity contribution >= 4 is 5.78 Å². The van der Waals surface area contributed by atoms with E-state index in [4.69, 9.17) is 0 Å². The molecule has 0 aromatic heterocycles. The predicted octanol–water partition coefficient (Wildman–Crippen LogP) is 4.99. The number of Topliss-reactive ketones (excluding diaryl/α,β-unsaturated/α-hetero) is 1. The van der Waals surface area contributed by atoms with Crippen molar-refractivity contribution in [1.29, 1.82) is 0 Å². The van der Waals surface area contributed by atoms with Crippen molar-refractivity contribution < 1.29 is 4.79 Å². The minimum atomic E-state index is 0.422. The second-order valence-electron chi connectivity index (χ2n) is 6.40. The fourth-order valence-electron chi connectivity index (χ4n) is 2.29. The largest absolute Gasteiger partial charge is 0.300 e. The van der Waals surface area contributed by atoms with Gasteiger partial charge in [-0.2, -0.15) is 0 Å². The minimum absolute atomic E-state index is 0.422. The molecule has 0 bridgehead atoms. The van der Waals surface area contributed by atoms with E-state index in [2.05, 4.69) is 34.6 Å². The summed E-state index contributed by atoms with van der Waals surface area (Å²) in [6, 6.07) is 0. The van der Waals surface area contributed by atoms with E-state index in [0.717, 1.165) is 38.0 Å². The van der Waals surface area contributed by atoms with Gasteiger partial charge < -0.3 is 0 Å². The molecule has 1 unspecified atom stereocenters. The Labute approximate surface area is 102 Å². The summed E-state index contributed by atoms with van der Waals surface area (Å²) in [6.45, 7) is 11.3. The van der Waals surface area contributed by atoms with Crippen LogP contribution < -0.4 is 0 Å². The number of ketones is 1. The summed E-state index contributed by atoms with van der Waals surface area (Å²) < 4.78 is 0. The number of carbonyl (C=O) groups excluding carboxylic acids is 1. The van der Waals surface area contributed by atoms with E-state index < -0.39 is 0 Å². The summed E-state index contributed by atoms with van der Waals surface area (Å²) >= 11 is 0. The molecule has 0 rings (SSSR count). The van der Waals surface area contributed by atoms with Gasteiger partial charge in [-0.25, -0.2) is 0 Å². The average molecular weight is 226 g/mol. The Morgan fingerprint density at radius 3 is 2.19 bits per heavy atom. The van der Waals surface area contributed by atoms with Gasteiger partial charge in [0.1, 0.15) is 5.78 Å². The SMILES string of the molecule is CCCCC(=O)CCCC(C)CC(C)(C)C. The van der Waals surface area contributed by atoms with Crippen LogP contribution in [-0.2, 0) is 4.79 Å². The summed E-state index contributed by atoms with van der Waals surface area (Å²) in [6.07, 6.45) is 7.34. The number of hydrogen-bond donors (Lipinski definition) is 0. The highest BCUT2D eigenvalue weighted by molar-refractivity contribution is 5.78. The van der Waals surface area contributed by atoms with Crippen LogP contribution in [0.1, 0.15) is 79.6 Å². The van der Waals surface area contributed by atoms with Crippen LogP contribution in [0.4, 0.5) is 0 Å². The Bertz CT molecular complexity index is 188. The zero-order chi connectivity index (χ0) is 12.6. The average Bonchev–Trinajstić information content (AvgIpc) is 2.11. The molecule has 0 fully saturated rings. The van der Waals surface area contributed by atoms with Gasteiger partial charge in [-0.3, -0.25) is 4.79 Å². The Morgan fingerprint density at radius 1 is 1.12 bits per heavy atom. The molecule has 0 aromatic rings. The molecule has 16 heavy (non-hydrogen) atoms. The second-order valence-corrected chi connectivity index (χ2v) is 6.40. The van der Waals surface area contributed by atoms with Crippen LogP contribution in [0, 0.1) is 11.3 Å². The molecule has 96 valence electrons. The van der Waals surface area contributed by atoms with E-state index in [1.54, 1.807) is 0 Å². The molecule has 0 heterocycles. The van der Waals surface area contributed by atoms with Gasteiger partial charge in [-0.1, -0.05) is 47.5 Å². The lowest BCUT2D eigenvalue weighted by atomic mass is 9.83. The summed E-state index contributed by atoms with van der Waals surface area (Å²) in [5, 5.41) is 0. The summed E-state index contributed by atoms with van der Waals surface area (Å²) in [5.74, 6) is 1.21. The van der Waals surface area contributed by atoms with Gasteiger partial charge >= 0.3 is 0 Å². The first kappa shape index (κ1) is 15.7. The van der Waals surface area contributed by atoms with Crippen LogP contribution in [-0.4, -0.2) is 5.78 Å². The zero-order valence-corrected chi connectivity index (χ0v) is 11.9. The lowest BCUT2D eigenvalue weighted by molar-refractivity contribution is -0.119. The van der Waals surface area contributed by atoms with Crippen molar-refractivity contribution in [2.45, 2.75) is 79.6 Å². The molecule has 0 saturated heterocycles. The molecule has 0 saturated carbocycles. The van der Waals surface area contributed by atoms with E-state index >= 15 is 0 Å². The molecule has 0 aliphatic rings. The Hall–Kier alpha value is -0.330. The van der Waals surface area contributed by atoms with Crippen LogP contribution in [0.3, 0.4) is 0 Å². The summed E-state index contributed by atoms with van der Waals surface area (Å²) in [5.41, 5.74) is 0.422. The standard InChI is InChI=1S/C15H30O/c1-6-7-10-14(16)11-8-9-13(2)12-15(3,4)5/h13H,6-12H2,1-5H3. The monoisotopic (exact) mass is 226 g/mol. The molecule has 0 amide bonds. The van der Waals surface area contributed by atoms with Crippen LogP contribution in [0.15, 0.2) is 0 Å². The van der Waals surface area contributed by atoms with Crippen LogP contribution in [0.2, 0.25) is 0 Å². The highest BCUT2D eigenvalue weighted by atomic mass is 16.1. The highest BCUT2D eigenvalue weighted by Gasteiger charge is 2.15. The molecule has 1 nitrogen and oxygen atoms in total. The van der Waals surface area contributed by atoms with Crippen molar-refractivity contribution in [3.63, 3.8) is 0 Å². The van der Waals surface area contributed by atoms with E-state index in [0.29, 0.717) is 11.2 Å². The van der Waals surface area contributed by atoms with Gasteiger partial charge in [0, 0.05) is 12.8 Å². The predicted molar refractivity (Wildman–Crippen MR) is 71.6 cm³/mol. The number of rotatable bonds is 8. The van der Waals surface area contributed by atoms with Gasteiger partial charge in [-0.15, -0.1) is 0 Å². The molecule has 0 spiro atoms. The second kappa shape index (κ2) is 7.86. The summed E-state index contributed by atoms with van der Waals surface area (Å²) in [7, 11) is 0. The molecular weight excluding hydrogens is 196 g/mol. The molecule has 0 aliphatic carbocycles. The van der Waals surface area contributed by atoms with E-state index in [1.807, 2.05) is 0 Å².